The highest BCUT2D eigenvalue weighted by atomic mass is 32.2. The van der Waals surface area contributed by atoms with Crippen LogP contribution in [0.25, 0.3) is 10.8 Å². The van der Waals surface area contributed by atoms with Crippen molar-refractivity contribution in [3.8, 4) is 0 Å². The fourth-order valence-electron chi connectivity index (χ4n) is 2.03. The zero-order chi connectivity index (χ0) is 13.9. The minimum atomic E-state index is 0.00816. The Morgan fingerprint density at radius 1 is 1.15 bits per heavy atom. The van der Waals surface area contributed by atoms with E-state index in [4.69, 9.17) is 5.73 Å². The number of thioether (sulfide) groups is 1. The lowest BCUT2D eigenvalue weighted by Crippen LogP contribution is -2.12. The molecule has 20 heavy (non-hydrogen) atoms. The zero-order valence-corrected chi connectivity index (χ0v) is 12.7. The van der Waals surface area contributed by atoms with Crippen LogP contribution in [0.2, 0.25) is 0 Å². The molecular formula is C15H15N3S2. The molecule has 3 nitrogen and oxygen atoms in total. The maximum atomic E-state index is 6.28. The van der Waals surface area contributed by atoms with Crippen LogP contribution in [0.4, 0.5) is 0 Å². The van der Waals surface area contributed by atoms with Crippen molar-refractivity contribution in [2.45, 2.75) is 17.3 Å². The molecule has 0 amide bonds. The summed E-state index contributed by atoms with van der Waals surface area (Å²) >= 11 is 3.28. The predicted octanol–water partition coefficient (Wildman–Crippen LogP) is 3.79. The van der Waals surface area contributed by atoms with Crippen LogP contribution in [-0.4, -0.2) is 16.0 Å². The second-order valence-electron chi connectivity index (χ2n) is 4.61. The second-order valence-corrected chi connectivity index (χ2v) is 7.06. The molecule has 1 heterocycles. The lowest BCUT2D eigenvalue weighted by molar-refractivity contribution is 0.831. The van der Waals surface area contributed by atoms with E-state index in [2.05, 4.69) is 52.7 Å². The number of rotatable bonds is 4. The van der Waals surface area contributed by atoms with E-state index in [1.54, 1.807) is 23.1 Å². The van der Waals surface area contributed by atoms with E-state index in [0.29, 0.717) is 0 Å². The van der Waals surface area contributed by atoms with E-state index in [1.165, 1.54) is 10.8 Å². The van der Waals surface area contributed by atoms with E-state index < -0.39 is 0 Å². The molecule has 5 heteroatoms. The van der Waals surface area contributed by atoms with Gasteiger partial charge in [0.05, 0.1) is 0 Å². The number of nitrogens with zero attached hydrogens (tertiary/aromatic N) is 2. The van der Waals surface area contributed by atoms with Gasteiger partial charge in [-0.15, -0.1) is 10.2 Å². The molecule has 0 fully saturated rings. The van der Waals surface area contributed by atoms with Crippen molar-refractivity contribution in [3.05, 3.63) is 53.0 Å². The number of nitrogens with two attached hydrogens (primary N) is 1. The number of fused-ring (bicyclic) bond motifs is 1. The Balaban J connectivity index is 1.73. The van der Waals surface area contributed by atoms with E-state index in [0.717, 1.165) is 20.7 Å². The summed E-state index contributed by atoms with van der Waals surface area (Å²) in [6.07, 6.45) is 0. The van der Waals surface area contributed by atoms with Gasteiger partial charge >= 0.3 is 0 Å². The van der Waals surface area contributed by atoms with Crippen LogP contribution < -0.4 is 5.73 Å². The average Bonchev–Trinajstić information content (AvgIpc) is 2.90. The smallest absolute Gasteiger partial charge is 0.174 e. The van der Waals surface area contributed by atoms with Crippen molar-refractivity contribution >= 4 is 33.9 Å². The van der Waals surface area contributed by atoms with Crippen molar-refractivity contribution in [2.24, 2.45) is 5.73 Å². The van der Waals surface area contributed by atoms with Crippen LogP contribution in [0.1, 0.15) is 16.6 Å². The maximum Gasteiger partial charge on any atom is 0.174 e. The van der Waals surface area contributed by atoms with E-state index in [1.807, 2.05) is 6.92 Å². The van der Waals surface area contributed by atoms with Crippen LogP contribution in [0.3, 0.4) is 0 Å². The summed E-state index contributed by atoms with van der Waals surface area (Å²) in [5.74, 6) is 0.812. The van der Waals surface area contributed by atoms with Gasteiger partial charge in [-0.05, 0) is 29.3 Å². The Morgan fingerprint density at radius 2 is 1.95 bits per heavy atom. The number of aromatic nitrogens is 2. The van der Waals surface area contributed by atoms with Gasteiger partial charge in [-0.1, -0.05) is 59.5 Å². The van der Waals surface area contributed by atoms with Gasteiger partial charge in [-0.2, -0.15) is 0 Å². The predicted molar refractivity (Wildman–Crippen MR) is 86.2 cm³/mol. The summed E-state index contributed by atoms with van der Waals surface area (Å²) < 4.78 is 0.985. The molecule has 1 atom stereocenters. The number of hydrogen-bond donors (Lipinski definition) is 1. The fourth-order valence-corrected chi connectivity index (χ4v) is 3.86. The molecule has 0 spiro atoms. The van der Waals surface area contributed by atoms with Gasteiger partial charge in [-0.25, -0.2) is 0 Å². The molecule has 0 saturated heterocycles. The summed E-state index contributed by atoms with van der Waals surface area (Å²) in [5.41, 5.74) is 7.44. The number of hydrogen-bond acceptors (Lipinski definition) is 5. The first-order chi connectivity index (χ1) is 9.72. The van der Waals surface area contributed by atoms with Crippen molar-refractivity contribution in [2.75, 3.05) is 5.75 Å². The van der Waals surface area contributed by atoms with Crippen molar-refractivity contribution in [3.63, 3.8) is 0 Å². The first-order valence-corrected chi connectivity index (χ1v) is 8.20. The van der Waals surface area contributed by atoms with E-state index in [9.17, 15) is 0 Å². The SMILES string of the molecule is Cc1nnc(SCC(N)c2ccc3ccccc3c2)s1. The molecule has 3 aromatic rings. The van der Waals surface area contributed by atoms with Crippen LogP contribution in [0.5, 0.6) is 0 Å². The largest absolute Gasteiger partial charge is 0.323 e. The lowest BCUT2D eigenvalue weighted by atomic mass is 10.0. The first kappa shape index (κ1) is 13.5. The van der Waals surface area contributed by atoms with Gasteiger partial charge in [0.1, 0.15) is 5.01 Å². The van der Waals surface area contributed by atoms with Crippen LogP contribution in [0, 0.1) is 6.92 Å². The highest BCUT2D eigenvalue weighted by Gasteiger charge is 2.09. The third kappa shape index (κ3) is 3.00. The van der Waals surface area contributed by atoms with Gasteiger partial charge < -0.3 is 5.73 Å². The second kappa shape index (κ2) is 5.91. The molecular weight excluding hydrogens is 286 g/mol. The van der Waals surface area contributed by atoms with Crippen LogP contribution in [0.15, 0.2) is 46.8 Å². The molecule has 1 unspecified atom stereocenters. The van der Waals surface area contributed by atoms with Gasteiger partial charge in [0.15, 0.2) is 4.34 Å². The Kier molecular flexibility index (Phi) is 4.00. The van der Waals surface area contributed by atoms with Gasteiger partial charge in [-0.3, -0.25) is 0 Å². The summed E-state index contributed by atoms with van der Waals surface area (Å²) in [6, 6.07) is 14.8. The fraction of sp³-hybridized carbons (Fsp3) is 0.200. The number of benzene rings is 2. The molecule has 3 rings (SSSR count). The molecule has 0 aliphatic rings. The van der Waals surface area contributed by atoms with Crippen molar-refractivity contribution in [1.82, 2.24) is 10.2 Å². The highest BCUT2D eigenvalue weighted by Crippen LogP contribution is 2.27. The van der Waals surface area contributed by atoms with E-state index in [-0.39, 0.29) is 6.04 Å². The highest BCUT2D eigenvalue weighted by molar-refractivity contribution is 8.01. The zero-order valence-electron chi connectivity index (χ0n) is 11.1. The van der Waals surface area contributed by atoms with Crippen LogP contribution in [-0.2, 0) is 0 Å². The molecule has 2 N–H and O–H groups in total. The minimum absolute atomic E-state index is 0.00816. The first-order valence-electron chi connectivity index (χ1n) is 6.39. The quantitative estimate of drug-likeness (QED) is 0.745. The standard InChI is InChI=1S/C15H15N3S2/c1-10-17-18-15(20-10)19-9-14(16)13-7-6-11-4-2-3-5-12(11)8-13/h2-8,14H,9,16H2,1H3. The molecule has 0 radical (unpaired) electrons. The van der Waals surface area contributed by atoms with Gasteiger partial charge in [0, 0.05) is 11.8 Å². The summed E-state index contributed by atoms with van der Waals surface area (Å²) in [5, 5.41) is 11.6. The lowest BCUT2D eigenvalue weighted by Gasteiger charge is -2.11. The molecule has 0 bridgehead atoms. The third-order valence-electron chi connectivity index (χ3n) is 3.10. The molecule has 102 valence electrons. The number of aryl methyl sites for hydroxylation is 1. The summed E-state index contributed by atoms with van der Waals surface area (Å²) in [6.45, 7) is 1.96. The summed E-state index contributed by atoms with van der Waals surface area (Å²) in [4.78, 5) is 0. The topological polar surface area (TPSA) is 51.8 Å². The average molecular weight is 301 g/mol. The van der Waals surface area contributed by atoms with Gasteiger partial charge in [0.2, 0.25) is 0 Å². The Bertz CT molecular complexity index is 724. The minimum Gasteiger partial charge on any atom is -0.323 e. The summed E-state index contributed by atoms with van der Waals surface area (Å²) in [7, 11) is 0. The normalized spacial score (nSPS) is 12.7. The van der Waals surface area contributed by atoms with Crippen molar-refractivity contribution < 1.29 is 0 Å². The van der Waals surface area contributed by atoms with E-state index >= 15 is 0 Å². The monoisotopic (exact) mass is 301 g/mol. The van der Waals surface area contributed by atoms with Crippen LogP contribution >= 0.6 is 23.1 Å². The Morgan fingerprint density at radius 3 is 2.70 bits per heavy atom. The molecule has 0 aliphatic heterocycles. The molecule has 0 saturated carbocycles. The van der Waals surface area contributed by atoms with Gasteiger partial charge in [0.25, 0.3) is 0 Å². The molecule has 1 aromatic heterocycles. The van der Waals surface area contributed by atoms with Crippen molar-refractivity contribution in [1.29, 1.82) is 0 Å². The molecule has 0 aliphatic carbocycles. The third-order valence-corrected chi connectivity index (χ3v) is 5.19. The maximum absolute atomic E-state index is 6.28. The Labute approximate surface area is 126 Å². The molecule has 2 aromatic carbocycles. The Hall–Kier alpha value is -1.43.